The van der Waals surface area contributed by atoms with Crippen LogP contribution in [-0.4, -0.2) is 104 Å². The number of nitrogens with one attached hydrogen (secondary N) is 2. The molecule has 3 fully saturated rings. The molecule has 2 N–H and O–H groups in total. The van der Waals surface area contributed by atoms with E-state index in [0.717, 1.165) is 59.5 Å². The Morgan fingerprint density at radius 1 is 0.967 bits per heavy atom. The van der Waals surface area contributed by atoms with Crippen molar-refractivity contribution >= 4 is 44.6 Å². The van der Waals surface area contributed by atoms with Crippen LogP contribution in [0.15, 0.2) is 66.0 Å². The minimum Gasteiger partial charge on any atom is -0.351 e. The van der Waals surface area contributed by atoms with Gasteiger partial charge in [0.25, 0.3) is 6.43 Å². The fourth-order valence-electron chi connectivity index (χ4n) is 8.14. The Hall–Kier alpha value is -5.54. The number of carbonyl (C=O) groups excluding carboxylic acids is 2. The second-order valence-corrected chi connectivity index (χ2v) is 17.2. The lowest BCUT2D eigenvalue weighted by Crippen LogP contribution is -2.49. The molecule has 6 heterocycles. The van der Waals surface area contributed by atoms with E-state index in [4.69, 9.17) is 0 Å². The number of carbonyl (C=O) groups is 2. The standard InChI is InChI=1S/C39H42F5N11O4S/c1-51-32-18-26(5-6-30(32)36(50-51)55-16-11-34(56)48-38(55)57)25-7-12-52(13-8-25)21-24-3-2-4-29(17-24)60(58,59)54-14-9-28(10-15-54)47-37-45-20-31(39(42,43)44)35(49-37)27-19-46-53(22-27)23-33(40)41/h2-6,17-20,22,25,28,33H,7-16,21,23H2,1H3,(H,45,47,49)(H,48,56,57). The van der Waals surface area contributed by atoms with Crippen LogP contribution in [0.5, 0.6) is 0 Å². The van der Waals surface area contributed by atoms with Crippen LogP contribution in [0.25, 0.3) is 22.2 Å². The van der Waals surface area contributed by atoms with Gasteiger partial charge in [0.1, 0.15) is 12.1 Å². The third-order valence-corrected chi connectivity index (χ3v) is 13.2. The number of imide groups is 1. The first-order valence-electron chi connectivity index (χ1n) is 19.5. The summed E-state index contributed by atoms with van der Waals surface area (Å²) in [5.41, 5.74) is 1.20. The molecule has 2 aromatic carbocycles. The maximum atomic E-state index is 13.8. The molecule has 0 spiro atoms. The Labute approximate surface area is 341 Å². The predicted molar refractivity (Wildman–Crippen MR) is 210 cm³/mol. The van der Waals surface area contributed by atoms with Crippen LogP contribution in [0, 0.1) is 0 Å². The number of alkyl halides is 5. The summed E-state index contributed by atoms with van der Waals surface area (Å²) < 4.78 is 98.8. The molecule has 21 heteroatoms. The Balaban J connectivity index is 0.862. The van der Waals surface area contributed by atoms with Gasteiger partial charge in [-0.15, -0.1) is 0 Å². The molecule has 0 saturated carbocycles. The van der Waals surface area contributed by atoms with Crippen molar-refractivity contribution in [3.05, 3.63) is 77.7 Å². The molecule has 0 atom stereocenters. The van der Waals surface area contributed by atoms with Gasteiger partial charge >= 0.3 is 12.2 Å². The van der Waals surface area contributed by atoms with E-state index in [1.807, 2.05) is 19.2 Å². The molecule has 3 aliphatic heterocycles. The summed E-state index contributed by atoms with van der Waals surface area (Å²) in [7, 11) is -2.01. The molecular formula is C39H42F5N11O4S. The molecule has 0 bridgehead atoms. The minimum atomic E-state index is -4.81. The zero-order valence-electron chi connectivity index (χ0n) is 32.4. The van der Waals surface area contributed by atoms with Crippen molar-refractivity contribution in [2.45, 2.75) is 74.7 Å². The smallest absolute Gasteiger partial charge is 0.351 e. The average Bonchev–Trinajstić information content (AvgIpc) is 3.81. The van der Waals surface area contributed by atoms with Gasteiger partial charge in [-0.05, 0) is 80.1 Å². The van der Waals surface area contributed by atoms with Crippen molar-refractivity contribution in [1.29, 1.82) is 0 Å². The van der Waals surface area contributed by atoms with E-state index in [-0.39, 0.29) is 54.4 Å². The summed E-state index contributed by atoms with van der Waals surface area (Å²) in [4.78, 5) is 36.1. The van der Waals surface area contributed by atoms with Crippen molar-refractivity contribution in [2.24, 2.45) is 7.05 Å². The number of benzene rings is 2. The van der Waals surface area contributed by atoms with Crippen molar-refractivity contribution in [3.8, 4) is 11.3 Å². The van der Waals surface area contributed by atoms with Gasteiger partial charge in [-0.25, -0.2) is 32.0 Å². The molecule has 3 saturated heterocycles. The number of rotatable bonds is 11. The number of urea groups is 1. The van der Waals surface area contributed by atoms with Gasteiger partial charge in [0.2, 0.25) is 21.9 Å². The first-order valence-corrected chi connectivity index (χ1v) is 21.0. The lowest BCUT2D eigenvalue weighted by Gasteiger charge is -2.33. The molecule has 0 aliphatic carbocycles. The SMILES string of the molecule is Cn1nc(N2CCC(=O)NC2=O)c2ccc(C3CCN(Cc4cccc(S(=O)(=O)N5CCC(Nc6ncc(C(F)(F)F)c(-c7cnn(CC(F)F)c7)n6)CC5)c4)CC3)cc21. The monoisotopic (exact) mass is 855 g/mol. The van der Waals surface area contributed by atoms with Crippen molar-refractivity contribution in [1.82, 2.24) is 44.1 Å². The summed E-state index contributed by atoms with van der Waals surface area (Å²) >= 11 is 0. The van der Waals surface area contributed by atoms with Gasteiger partial charge in [0, 0.05) is 69.0 Å². The zero-order chi connectivity index (χ0) is 42.3. The number of halogens is 5. The van der Waals surface area contributed by atoms with Gasteiger partial charge in [-0.1, -0.05) is 18.2 Å². The predicted octanol–water partition coefficient (Wildman–Crippen LogP) is 5.60. The van der Waals surface area contributed by atoms with Crippen molar-refractivity contribution < 1.29 is 40.0 Å². The summed E-state index contributed by atoms with van der Waals surface area (Å²) in [6.07, 6.45) is -2.11. The van der Waals surface area contributed by atoms with Crippen LogP contribution < -0.4 is 15.5 Å². The summed E-state index contributed by atoms with van der Waals surface area (Å²) in [5, 5.41) is 14.5. The normalized spacial score (nSPS) is 18.1. The molecule has 3 aromatic heterocycles. The summed E-state index contributed by atoms with van der Waals surface area (Å²) in [6.45, 7) is 2.00. The maximum Gasteiger partial charge on any atom is 0.419 e. The highest BCUT2D eigenvalue weighted by atomic mass is 32.2. The van der Waals surface area contributed by atoms with Crippen LogP contribution in [0.4, 0.5) is 38.5 Å². The van der Waals surface area contributed by atoms with E-state index in [1.165, 1.54) is 14.8 Å². The summed E-state index contributed by atoms with van der Waals surface area (Å²) in [6, 6.07) is 12.3. The Bertz CT molecular complexity index is 2510. The second kappa shape index (κ2) is 16.5. The summed E-state index contributed by atoms with van der Waals surface area (Å²) in [5.74, 6) is 0.420. The number of sulfonamides is 1. The van der Waals surface area contributed by atoms with E-state index < -0.39 is 46.5 Å². The van der Waals surface area contributed by atoms with Crippen LogP contribution in [0.3, 0.4) is 0 Å². The van der Waals surface area contributed by atoms with E-state index in [1.54, 1.807) is 22.9 Å². The average molecular weight is 856 g/mol. The first-order chi connectivity index (χ1) is 28.6. The molecular weight excluding hydrogens is 814 g/mol. The molecule has 60 heavy (non-hydrogen) atoms. The molecule has 318 valence electrons. The quantitative estimate of drug-likeness (QED) is 0.160. The van der Waals surface area contributed by atoms with Gasteiger partial charge in [0.05, 0.1) is 22.3 Å². The van der Waals surface area contributed by atoms with Gasteiger partial charge in [-0.3, -0.25) is 29.3 Å². The molecule has 8 rings (SSSR count). The number of aromatic nitrogens is 6. The number of piperidine rings is 2. The molecule has 5 aromatic rings. The fraction of sp³-hybridized carbons (Fsp3) is 0.436. The number of hydrogen-bond acceptors (Lipinski definition) is 10. The van der Waals surface area contributed by atoms with E-state index in [0.29, 0.717) is 37.3 Å². The molecule has 3 amide bonds. The fourth-order valence-corrected chi connectivity index (χ4v) is 9.68. The number of hydrogen-bond donors (Lipinski definition) is 2. The molecule has 3 aliphatic rings. The Kier molecular flexibility index (Phi) is 11.3. The van der Waals surface area contributed by atoms with Crippen LogP contribution in [0.1, 0.15) is 54.7 Å². The third-order valence-electron chi connectivity index (χ3n) is 11.3. The number of nitrogens with zero attached hydrogens (tertiary/aromatic N) is 9. The highest BCUT2D eigenvalue weighted by Gasteiger charge is 2.37. The molecule has 0 radical (unpaired) electrons. The van der Waals surface area contributed by atoms with Gasteiger partial charge < -0.3 is 5.32 Å². The maximum absolute atomic E-state index is 13.8. The number of likely N-dealkylation sites (tertiary alicyclic amines) is 1. The van der Waals surface area contributed by atoms with Crippen LogP contribution >= 0.6 is 0 Å². The number of fused-ring (bicyclic) bond motifs is 1. The second-order valence-electron chi connectivity index (χ2n) is 15.3. The topological polar surface area (TPSA) is 163 Å². The van der Waals surface area contributed by atoms with Crippen LogP contribution in [0.2, 0.25) is 0 Å². The third kappa shape index (κ3) is 8.69. The first kappa shape index (κ1) is 41.2. The van der Waals surface area contributed by atoms with Crippen molar-refractivity contribution in [2.75, 3.05) is 42.9 Å². The Morgan fingerprint density at radius 2 is 1.73 bits per heavy atom. The van der Waals surface area contributed by atoms with Crippen LogP contribution in [-0.2, 0) is 41.1 Å². The molecule has 0 unspecified atom stereocenters. The van der Waals surface area contributed by atoms with E-state index in [2.05, 4.69) is 47.8 Å². The zero-order valence-corrected chi connectivity index (χ0v) is 33.3. The lowest BCUT2D eigenvalue weighted by molar-refractivity contribution is -0.137. The highest BCUT2D eigenvalue weighted by Crippen LogP contribution is 2.37. The van der Waals surface area contributed by atoms with Gasteiger partial charge in [-0.2, -0.15) is 27.7 Å². The van der Waals surface area contributed by atoms with E-state index >= 15 is 0 Å². The number of amides is 3. The molecule has 15 nitrogen and oxygen atoms in total. The highest BCUT2D eigenvalue weighted by molar-refractivity contribution is 7.89. The Morgan fingerprint density at radius 3 is 2.45 bits per heavy atom. The van der Waals surface area contributed by atoms with E-state index in [9.17, 15) is 40.0 Å². The number of aryl methyl sites for hydroxylation is 1. The largest absolute Gasteiger partial charge is 0.419 e. The van der Waals surface area contributed by atoms with Gasteiger partial charge in [0.15, 0.2) is 5.82 Å². The number of anilines is 2. The minimum absolute atomic E-state index is 0.0941. The van der Waals surface area contributed by atoms with Crippen molar-refractivity contribution in [3.63, 3.8) is 0 Å². The lowest BCUT2D eigenvalue weighted by atomic mass is 9.89.